The Morgan fingerprint density at radius 1 is 1.16 bits per heavy atom. The van der Waals surface area contributed by atoms with E-state index in [0.29, 0.717) is 12.6 Å². The van der Waals surface area contributed by atoms with Crippen molar-refractivity contribution in [3.05, 3.63) is 53.5 Å². The summed E-state index contributed by atoms with van der Waals surface area (Å²) in [6, 6.07) is 12.4. The van der Waals surface area contributed by atoms with E-state index >= 15 is 0 Å². The van der Waals surface area contributed by atoms with Crippen molar-refractivity contribution in [2.75, 3.05) is 0 Å². The molecule has 0 bridgehead atoms. The lowest BCUT2D eigenvalue weighted by Crippen LogP contribution is -2.21. The molecule has 0 saturated heterocycles. The highest BCUT2D eigenvalue weighted by Gasteiger charge is 2.04. The number of hydrogen-bond donors (Lipinski definition) is 1. The molecular weight excluding hydrogens is 238 g/mol. The molecular formula is C16H21NO2. The zero-order valence-electron chi connectivity index (χ0n) is 11.8. The van der Waals surface area contributed by atoms with Gasteiger partial charge >= 0.3 is 0 Å². The van der Waals surface area contributed by atoms with Gasteiger partial charge in [0.2, 0.25) is 0 Å². The van der Waals surface area contributed by atoms with Gasteiger partial charge in [0.15, 0.2) is 0 Å². The molecule has 2 rings (SSSR count). The predicted octanol–water partition coefficient (Wildman–Crippen LogP) is 3.67. The average molecular weight is 259 g/mol. The summed E-state index contributed by atoms with van der Waals surface area (Å²) >= 11 is 0. The Morgan fingerprint density at radius 2 is 1.95 bits per heavy atom. The second-order valence-electron chi connectivity index (χ2n) is 5.01. The van der Waals surface area contributed by atoms with Crippen molar-refractivity contribution in [3.8, 4) is 5.75 Å². The van der Waals surface area contributed by atoms with Crippen LogP contribution < -0.4 is 10.1 Å². The minimum Gasteiger partial charge on any atom is -0.486 e. The van der Waals surface area contributed by atoms with Crippen LogP contribution in [0.5, 0.6) is 5.75 Å². The summed E-state index contributed by atoms with van der Waals surface area (Å²) in [5, 5.41) is 3.32. The van der Waals surface area contributed by atoms with Crippen molar-refractivity contribution in [2.45, 2.75) is 40.0 Å². The molecule has 0 radical (unpaired) electrons. The van der Waals surface area contributed by atoms with Crippen molar-refractivity contribution >= 4 is 0 Å². The van der Waals surface area contributed by atoms with Crippen LogP contribution in [0, 0.1) is 6.92 Å². The number of ether oxygens (including phenoxy) is 1. The lowest BCUT2D eigenvalue weighted by Gasteiger charge is -2.06. The Kier molecular flexibility index (Phi) is 4.63. The zero-order valence-corrected chi connectivity index (χ0v) is 11.8. The summed E-state index contributed by atoms with van der Waals surface area (Å²) in [6.07, 6.45) is 0. The summed E-state index contributed by atoms with van der Waals surface area (Å²) < 4.78 is 11.4. The van der Waals surface area contributed by atoms with Crippen LogP contribution in [0.15, 0.2) is 40.8 Å². The van der Waals surface area contributed by atoms with Crippen LogP contribution >= 0.6 is 0 Å². The van der Waals surface area contributed by atoms with Gasteiger partial charge in [0, 0.05) is 6.04 Å². The highest BCUT2D eigenvalue weighted by atomic mass is 16.5. The van der Waals surface area contributed by atoms with Crippen LogP contribution in [0.2, 0.25) is 0 Å². The first kappa shape index (κ1) is 13.7. The minimum absolute atomic E-state index is 0.456. The molecule has 3 nitrogen and oxygen atoms in total. The van der Waals surface area contributed by atoms with Crippen molar-refractivity contribution in [1.82, 2.24) is 5.32 Å². The molecule has 0 aliphatic rings. The molecule has 0 aliphatic heterocycles. The third-order valence-corrected chi connectivity index (χ3v) is 2.77. The predicted molar refractivity (Wildman–Crippen MR) is 76.2 cm³/mol. The Hall–Kier alpha value is -1.74. The average Bonchev–Trinajstić information content (AvgIpc) is 2.82. The van der Waals surface area contributed by atoms with Gasteiger partial charge in [-0.2, -0.15) is 0 Å². The van der Waals surface area contributed by atoms with Gasteiger partial charge < -0.3 is 14.5 Å². The highest BCUT2D eigenvalue weighted by molar-refractivity contribution is 5.27. The van der Waals surface area contributed by atoms with E-state index in [9.17, 15) is 0 Å². The molecule has 0 atom stereocenters. The van der Waals surface area contributed by atoms with Crippen molar-refractivity contribution < 1.29 is 9.15 Å². The summed E-state index contributed by atoms with van der Waals surface area (Å²) in [7, 11) is 0. The number of benzene rings is 1. The van der Waals surface area contributed by atoms with Gasteiger partial charge in [-0.05, 0) is 36.8 Å². The van der Waals surface area contributed by atoms with Gasteiger partial charge in [-0.1, -0.05) is 26.0 Å². The monoisotopic (exact) mass is 259 g/mol. The van der Waals surface area contributed by atoms with Crippen LogP contribution in [0.25, 0.3) is 0 Å². The summed E-state index contributed by atoms with van der Waals surface area (Å²) in [4.78, 5) is 0. The maximum absolute atomic E-state index is 5.70. The topological polar surface area (TPSA) is 34.4 Å². The smallest absolute Gasteiger partial charge is 0.146 e. The fourth-order valence-corrected chi connectivity index (χ4v) is 1.76. The van der Waals surface area contributed by atoms with Gasteiger partial charge in [-0.15, -0.1) is 0 Å². The fourth-order valence-electron chi connectivity index (χ4n) is 1.76. The van der Waals surface area contributed by atoms with Crippen molar-refractivity contribution in [2.24, 2.45) is 0 Å². The fraction of sp³-hybridized carbons (Fsp3) is 0.375. The third-order valence-electron chi connectivity index (χ3n) is 2.77. The number of hydrogen-bond acceptors (Lipinski definition) is 3. The molecule has 0 saturated carbocycles. The molecule has 2 aromatic rings. The molecule has 1 aromatic carbocycles. The Bertz CT molecular complexity index is 517. The molecule has 0 unspecified atom stereocenters. The van der Waals surface area contributed by atoms with Gasteiger partial charge in [0.25, 0.3) is 0 Å². The molecule has 1 N–H and O–H groups in total. The zero-order chi connectivity index (χ0) is 13.7. The quantitative estimate of drug-likeness (QED) is 0.859. The van der Waals surface area contributed by atoms with E-state index in [-0.39, 0.29) is 0 Å². The maximum atomic E-state index is 5.70. The van der Waals surface area contributed by atoms with Gasteiger partial charge in [0.05, 0.1) is 6.54 Å². The van der Waals surface area contributed by atoms with E-state index in [1.807, 2.05) is 30.3 Å². The third kappa shape index (κ3) is 4.45. The normalized spacial score (nSPS) is 10.9. The van der Waals surface area contributed by atoms with Crippen LogP contribution in [-0.2, 0) is 13.2 Å². The molecule has 19 heavy (non-hydrogen) atoms. The summed E-state index contributed by atoms with van der Waals surface area (Å²) in [5.41, 5.74) is 1.19. The number of furan rings is 1. The molecule has 3 heteroatoms. The second-order valence-corrected chi connectivity index (χ2v) is 5.01. The Labute approximate surface area is 114 Å². The van der Waals surface area contributed by atoms with Crippen LogP contribution in [0.3, 0.4) is 0 Å². The van der Waals surface area contributed by atoms with Crippen molar-refractivity contribution in [1.29, 1.82) is 0 Å². The van der Waals surface area contributed by atoms with E-state index < -0.39 is 0 Å². The van der Waals surface area contributed by atoms with Crippen LogP contribution in [-0.4, -0.2) is 6.04 Å². The molecule has 0 spiro atoms. The van der Waals surface area contributed by atoms with Gasteiger partial charge in [-0.3, -0.25) is 0 Å². The summed E-state index contributed by atoms with van der Waals surface area (Å²) in [6.45, 7) is 7.50. The number of nitrogens with one attached hydrogen (secondary N) is 1. The standard InChI is InChI=1S/C16H21NO2/c1-12(2)17-10-15-7-8-16(19-15)11-18-14-6-4-5-13(3)9-14/h4-9,12,17H,10-11H2,1-3H3. The highest BCUT2D eigenvalue weighted by Crippen LogP contribution is 2.15. The first-order valence-corrected chi connectivity index (χ1v) is 6.64. The molecule has 1 heterocycles. The summed E-state index contributed by atoms with van der Waals surface area (Å²) in [5.74, 6) is 2.66. The molecule has 102 valence electrons. The molecule has 1 aromatic heterocycles. The molecule has 0 fully saturated rings. The largest absolute Gasteiger partial charge is 0.486 e. The Morgan fingerprint density at radius 3 is 2.68 bits per heavy atom. The minimum atomic E-state index is 0.456. The first-order chi connectivity index (χ1) is 9.13. The first-order valence-electron chi connectivity index (χ1n) is 6.64. The maximum Gasteiger partial charge on any atom is 0.146 e. The van der Waals surface area contributed by atoms with E-state index in [1.165, 1.54) is 5.56 Å². The van der Waals surface area contributed by atoms with E-state index in [2.05, 4.69) is 32.2 Å². The lowest BCUT2D eigenvalue weighted by molar-refractivity contribution is 0.264. The van der Waals surface area contributed by atoms with Crippen LogP contribution in [0.4, 0.5) is 0 Å². The second kappa shape index (κ2) is 6.43. The van der Waals surface area contributed by atoms with E-state index in [1.54, 1.807) is 0 Å². The number of aryl methyl sites for hydroxylation is 1. The van der Waals surface area contributed by atoms with Gasteiger partial charge in [0.1, 0.15) is 23.9 Å². The molecule has 0 amide bonds. The van der Waals surface area contributed by atoms with Crippen molar-refractivity contribution in [3.63, 3.8) is 0 Å². The SMILES string of the molecule is Cc1cccc(OCc2ccc(CNC(C)C)o2)c1. The van der Waals surface area contributed by atoms with Crippen LogP contribution in [0.1, 0.15) is 30.9 Å². The van der Waals surface area contributed by atoms with Gasteiger partial charge in [-0.25, -0.2) is 0 Å². The van der Waals surface area contributed by atoms with E-state index in [0.717, 1.165) is 23.8 Å². The van der Waals surface area contributed by atoms with E-state index in [4.69, 9.17) is 9.15 Å². The lowest BCUT2D eigenvalue weighted by atomic mass is 10.2. The Balaban J connectivity index is 1.86. The molecule has 0 aliphatic carbocycles. The number of rotatable bonds is 6.